The van der Waals surface area contributed by atoms with Crippen molar-refractivity contribution < 1.29 is 0 Å². The van der Waals surface area contributed by atoms with Crippen LogP contribution in [-0.2, 0) is 0 Å². The van der Waals surface area contributed by atoms with Crippen molar-refractivity contribution in [2.24, 2.45) is 0 Å². The summed E-state index contributed by atoms with van der Waals surface area (Å²) in [6.45, 7) is 4.41. The van der Waals surface area contributed by atoms with Crippen LogP contribution < -0.4 is 4.90 Å². The minimum Gasteiger partial charge on any atom is -0.356 e. The van der Waals surface area contributed by atoms with E-state index in [1.807, 2.05) is 12.3 Å². The van der Waals surface area contributed by atoms with Gasteiger partial charge in [-0.2, -0.15) is 0 Å². The molecule has 0 unspecified atom stereocenters. The number of anilines is 1. The molecular formula is C12H17BrN2. The van der Waals surface area contributed by atoms with Crippen LogP contribution in [0.3, 0.4) is 0 Å². The number of rotatable bonds is 1. The fraction of sp³-hybridized carbons (Fsp3) is 0.583. The van der Waals surface area contributed by atoms with Crippen molar-refractivity contribution in [1.82, 2.24) is 4.98 Å². The number of aryl methyl sites for hydroxylation is 1. The van der Waals surface area contributed by atoms with E-state index in [1.165, 1.54) is 31.2 Å². The third-order valence-electron chi connectivity index (χ3n) is 2.97. The molecule has 1 aliphatic rings. The third-order valence-corrected chi connectivity index (χ3v) is 3.95. The summed E-state index contributed by atoms with van der Waals surface area (Å²) in [6.07, 6.45) is 7.21. The number of nitrogens with zero attached hydrogens (tertiary/aromatic N) is 2. The number of halogens is 1. The number of hydrogen-bond acceptors (Lipinski definition) is 2. The molecule has 0 N–H and O–H groups in total. The Kier molecular flexibility index (Phi) is 3.62. The van der Waals surface area contributed by atoms with E-state index in [-0.39, 0.29) is 0 Å². The summed E-state index contributed by atoms with van der Waals surface area (Å²) >= 11 is 3.64. The lowest BCUT2D eigenvalue weighted by atomic mass is 10.2. The van der Waals surface area contributed by atoms with Gasteiger partial charge in [0.2, 0.25) is 0 Å². The molecule has 2 nitrogen and oxygen atoms in total. The Hall–Kier alpha value is -0.570. The lowest BCUT2D eigenvalue weighted by Crippen LogP contribution is -2.25. The fourth-order valence-corrected chi connectivity index (χ4v) is 2.51. The van der Waals surface area contributed by atoms with Gasteiger partial charge in [0.15, 0.2) is 0 Å². The molecule has 0 aromatic carbocycles. The first-order valence-corrected chi connectivity index (χ1v) is 6.44. The zero-order valence-corrected chi connectivity index (χ0v) is 10.8. The molecule has 0 atom stereocenters. The predicted molar refractivity (Wildman–Crippen MR) is 67.4 cm³/mol. The van der Waals surface area contributed by atoms with Crippen molar-refractivity contribution in [3.8, 4) is 0 Å². The Morgan fingerprint density at radius 3 is 2.53 bits per heavy atom. The highest BCUT2D eigenvalue weighted by molar-refractivity contribution is 9.10. The summed E-state index contributed by atoms with van der Waals surface area (Å²) in [5.74, 6) is 1.12. The Bertz CT molecular complexity index is 330. The highest BCUT2D eigenvalue weighted by Crippen LogP contribution is 2.28. The van der Waals surface area contributed by atoms with Gasteiger partial charge >= 0.3 is 0 Å². The number of aromatic nitrogens is 1. The molecule has 3 heteroatoms. The largest absolute Gasteiger partial charge is 0.356 e. The van der Waals surface area contributed by atoms with Gasteiger partial charge in [0.1, 0.15) is 5.82 Å². The topological polar surface area (TPSA) is 16.1 Å². The van der Waals surface area contributed by atoms with Crippen molar-refractivity contribution in [3.05, 3.63) is 22.3 Å². The van der Waals surface area contributed by atoms with Gasteiger partial charge in [0.25, 0.3) is 0 Å². The van der Waals surface area contributed by atoms with Crippen LogP contribution in [0.4, 0.5) is 5.82 Å². The molecule has 0 spiro atoms. The van der Waals surface area contributed by atoms with E-state index in [1.54, 1.807) is 0 Å². The molecule has 0 saturated carbocycles. The van der Waals surface area contributed by atoms with Crippen LogP contribution in [0.2, 0.25) is 0 Å². The van der Waals surface area contributed by atoms with Crippen LogP contribution in [-0.4, -0.2) is 18.1 Å². The zero-order valence-electron chi connectivity index (χ0n) is 9.17. The second-order valence-corrected chi connectivity index (χ2v) is 4.96. The van der Waals surface area contributed by atoms with Crippen LogP contribution in [0.5, 0.6) is 0 Å². The summed E-state index contributed by atoms with van der Waals surface area (Å²) in [5, 5.41) is 0. The van der Waals surface area contributed by atoms with Crippen molar-refractivity contribution >= 4 is 21.7 Å². The Labute approximate surface area is 99.8 Å². The van der Waals surface area contributed by atoms with E-state index in [4.69, 9.17) is 0 Å². The molecule has 0 aliphatic carbocycles. The first-order valence-electron chi connectivity index (χ1n) is 5.65. The SMILES string of the molecule is Cc1ccnc(N2CCCCCC2)c1Br. The summed E-state index contributed by atoms with van der Waals surface area (Å²) in [6, 6.07) is 2.05. The van der Waals surface area contributed by atoms with Gasteiger partial charge in [-0.15, -0.1) is 0 Å². The van der Waals surface area contributed by atoms with Crippen molar-refractivity contribution in [2.45, 2.75) is 32.6 Å². The van der Waals surface area contributed by atoms with E-state index < -0.39 is 0 Å². The van der Waals surface area contributed by atoms with E-state index in [0.717, 1.165) is 23.4 Å². The summed E-state index contributed by atoms with van der Waals surface area (Å²) < 4.78 is 1.16. The van der Waals surface area contributed by atoms with Gasteiger partial charge in [-0.25, -0.2) is 4.98 Å². The lowest BCUT2D eigenvalue weighted by Gasteiger charge is -2.23. The van der Waals surface area contributed by atoms with E-state index >= 15 is 0 Å². The second-order valence-electron chi connectivity index (χ2n) is 4.17. The van der Waals surface area contributed by atoms with Crippen LogP contribution in [0.1, 0.15) is 31.2 Å². The van der Waals surface area contributed by atoms with Gasteiger partial charge in [0.05, 0.1) is 4.47 Å². The molecule has 0 radical (unpaired) electrons. The lowest BCUT2D eigenvalue weighted by molar-refractivity contribution is 0.726. The van der Waals surface area contributed by atoms with Crippen molar-refractivity contribution in [2.75, 3.05) is 18.0 Å². The molecule has 0 amide bonds. The smallest absolute Gasteiger partial charge is 0.143 e. The number of pyridine rings is 1. The standard InChI is InChI=1S/C12H17BrN2/c1-10-6-7-14-12(11(10)13)15-8-4-2-3-5-9-15/h6-7H,2-5,8-9H2,1H3. The van der Waals surface area contributed by atoms with E-state index in [2.05, 4.69) is 32.7 Å². The predicted octanol–water partition coefficient (Wildman–Crippen LogP) is 3.53. The van der Waals surface area contributed by atoms with Crippen LogP contribution in [0, 0.1) is 6.92 Å². The van der Waals surface area contributed by atoms with E-state index in [9.17, 15) is 0 Å². The third kappa shape index (κ3) is 2.51. The van der Waals surface area contributed by atoms with Gasteiger partial charge < -0.3 is 4.90 Å². The summed E-state index contributed by atoms with van der Waals surface area (Å²) in [4.78, 5) is 6.89. The van der Waals surface area contributed by atoms with Gasteiger partial charge in [-0.3, -0.25) is 0 Å². The molecule has 15 heavy (non-hydrogen) atoms. The maximum atomic E-state index is 4.48. The average Bonchev–Trinajstić information content (AvgIpc) is 2.50. The molecular weight excluding hydrogens is 252 g/mol. The molecule has 1 aromatic rings. The Morgan fingerprint density at radius 2 is 1.87 bits per heavy atom. The van der Waals surface area contributed by atoms with Gasteiger partial charge in [-0.05, 0) is 47.3 Å². The highest BCUT2D eigenvalue weighted by atomic mass is 79.9. The van der Waals surface area contributed by atoms with Crippen LogP contribution in [0.25, 0.3) is 0 Å². The molecule has 82 valence electrons. The molecule has 1 saturated heterocycles. The first kappa shape index (κ1) is 10.9. The fourth-order valence-electron chi connectivity index (χ4n) is 2.03. The minimum absolute atomic E-state index is 1.12. The Morgan fingerprint density at radius 1 is 1.20 bits per heavy atom. The molecule has 1 aromatic heterocycles. The van der Waals surface area contributed by atoms with E-state index in [0.29, 0.717) is 0 Å². The summed E-state index contributed by atoms with van der Waals surface area (Å²) in [7, 11) is 0. The maximum Gasteiger partial charge on any atom is 0.143 e. The molecule has 1 fully saturated rings. The average molecular weight is 269 g/mol. The number of hydrogen-bond donors (Lipinski definition) is 0. The first-order chi connectivity index (χ1) is 7.29. The van der Waals surface area contributed by atoms with Crippen LogP contribution in [0.15, 0.2) is 16.7 Å². The van der Waals surface area contributed by atoms with Crippen molar-refractivity contribution in [1.29, 1.82) is 0 Å². The monoisotopic (exact) mass is 268 g/mol. The molecule has 1 aliphatic heterocycles. The maximum absolute atomic E-state index is 4.48. The normalized spacial score (nSPS) is 17.6. The minimum atomic E-state index is 1.12. The quantitative estimate of drug-likeness (QED) is 0.775. The molecule has 2 heterocycles. The van der Waals surface area contributed by atoms with Crippen LogP contribution >= 0.6 is 15.9 Å². The summed E-state index contributed by atoms with van der Waals surface area (Å²) in [5.41, 5.74) is 1.27. The molecule has 2 rings (SSSR count). The zero-order chi connectivity index (χ0) is 10.7. The van der Waals surface area contributed by atoms with Gasteiger partial charge in [-0.1, -0.05) is 12.8 Å². The van der Waals surface area contributed by atoms with Crippen molar-refractivity contribution in [3.63, 3.8) is 0 Å². The highest BCUT2D eigenvalue weighted by Gasteiger charge is 2.14. The Balaban J connectivity index is 2.23. The second kappa shape index (κ2) is 4.97. The molecule has 0 bridgehead atoms. The van der Waals surface area contributed by atoms with Gasteiger partial charge in [0, 0.05) is 19.3 Å².